The average molecular weight is 328 g/mol. The minimum Gasteiger partial charge on any atom is -0.368 e. The van der Waals surface area contributed by atoms with Gasteiger partial charge < -0.3 is 15.2 Å². The van der Waals surface area contributed by atoms with Crippen LogP contribution in [0.5, 0.6) is 0 Å². The van der Waals surface area contributed by atoms with Crippen molar-refractivity contribution in [1.29, 1.82) is 0 Å². The van der Waals surface area contributed by atoms with Gasteiger partial charge in [-0.05, 0) is 26.2 Å². The zero-order chi connectivity index (χ0) is 17.1. The summed E-state index contributed by atoms with van der Waals surface area (Å²) in [4.78, 5) is 15.2. The second kappa shape index (κ2) is 6.98. The van der Waals surface area contributed by atoms with Crippen LogP contribution in [0.3, 0.4) is 0 Å². The van der Waals surface area contributed by atoms with Crippen LogP contribution in [0.15, 0.2) is 17.2 Å². The Bertz CT molecular complexity index is 720. The molecular weight excluding hydrogens is 304 g/mol. The van der Waals surface area contributed by atoms with Gasteiger partial charge in [0.05, 0.1) is 6.54 Å². The fourth-order valence-electron chi connectivity index (χ4n) is 3.26. The molecule has 1 fully saturated rings. The predicted octanol–water partition coefficient (Wildman–Crippen LogP) is 2.77. The molecule has 2 aromatic rings. The quantitative estimate of drug-likeness (QED) is 0.815. The molecule has 7 nitrogen and oxygen atoms in total. The molecule has 3 rings (SSSR count). The van der Waals surface area contributed by atoms with Crippen LogP contribution in [0, 0.1) is 6.92 Å². The number of rotatable bonds is 6. The summed E-state index contributed by atoms with van der Waals surface area (Å²) in [6.45, 7) is 6.25. The highest BCUT2D eigenvalue weighted by molar-refractivity contribution is 5.52. The van der Waals surface area contributed by atoms with Crippen molar-refractivity contribution < 1.29 is 4.52 Å². The van der Waals surface area contributed by atoms with Crippen molar-refractivity contribution in [3.8, 4) is 0 Å². The lowest BCUT2D eigenvalue weighted by Crippen LogP contribution is -2.22. The molecule has 1 saturated carbocycles. The number of aromatic nitrogens is 4. The minimum absolute atomic E-state index is 0.266. The topological polar surface area (TPSA) is 94.0 Å². The van der Waals surface area contributed by atoms with E-state index in [-0.39, 0.29) is 5.95 Å². The Hall–Kier alpha value is -2.44. The highest BCUT2D eigenvalue weighted by Gasteiger charge is 2.23. The van der Waals surface area contributed by atoms with Crippen molar-refractivity contribution in [3.63, 3.8) is 0 Å². The van der Waals surface area contributed by atoms with Gasteiger partial charge in [-0.25, -0.2) is 4.98 Å². The van der Waals surface area contributed by atoms with Gasteiger partial charge in [-0.1, -0.05) is 24.1 Å². The van der Waals surface area contributed by atoms with Gasteiger partial charge in [0.2, 0.25) is 11.8 Å². The summed E-state index contributed by atoms with van der Waals surface area (Å²) in [7, 11) is 1.94. The Morgan fingerprint density at radius 1 is 1.29 bits per heavy atom. The van der Waals surface area contributed by atoms with E-state index in [0.717, 1.165) is 35.8 Å². The zero-order valence-electron chi connectivity index (χ0n) is 14.3. The molecule has 7 heteroatoms. The van der Waals surface area contributed by atoms with Gasteiger partial charge in [0.15, 0.2) is 5.82 Å². The van der Waals surface area contributed by atoms with Crippen LogP contribution < -0.4 is 10.6 Å². The van der Waals surface area contributed by atoms with E-state index in [0.29, 0.717) is 24.7 Å². The van der Waals surface area contributed by atoms with E-state index < -0.39 is 0 Å². The molecule has 1 aliphatic carbocycles. The third kappa shape index (κ3) is 3.39. The van der Waals surface area contributed by atoms with Crippen LogP contribution in [0.1, 0.15) is 54.6 Å². The molecule has 128 valence electrons. The predicted molar refractivity (Wildman–Crippen MR) is 92.7 cm³/mol. The lowest BCUT2D eigenvalue weighted by atomic mass is 10.1. The Balaban J connectivity index is 1.79. The summed E-state index contributed by atoms with van der Waals surface area (Å²) >= 11 is 0. The molecule has 0 bridgehead atoms. The molecule has 2 N–H and O–H groups in total. The maximum Gasteiger partial charge on any atom is 0.229 e. The van der Waals surface area contributed by atoms with Crippen molar-refractivity contribution in [2.75, 3.05) is 17.7 Å². The van der Waals surface area contributed by atoms with Crippen LogP contribution >= 0.6 is 0 Å². The normalized spacial score (nSPS) is 14.9. The molecule has 0 amide bonds. The highest BCUT2D eigenvalue weighted by atomic mass is 16.5. The number of nitrogen functional groups attached to an aromatic ring is 1. The van der Waals surface area contributed by atoms with Crippen molar-refractivity contribution >= 4 is 11.8 Å². The van der Waals surface area contributed by atoms with Crippen molar-refractivity contribution in [2.24, 2.45) is 0 Å². The van der Waals surface area contributed by atoms with Gasteiger partial charge in [-0.2, -0.15) is 9.97 Å². The molecule has 0 atom stereocenters. The van der Waals surface area contributed by atoms with E-state index in [2.05, 4.69) is 26.7 Å². The van der Waals surface area contributed by atoms with Crippen LogP contribution in [-0.2, 0) is 13.0 Å². The monoisotopic (exact) mass is 328 g/mol. The number of allylic oxidation sites excluding steroid dienone is 1. The smallest absolute Gasteiger partial charge is 0.229 e. The first-order valence-corrected chi connectivity index (χ1v) is 8.36. The zero-order valence-corrected chi connectivity index (χ0v) is 14.3. The summed E-state index contributed by atoms with van der Waals surface area (Å²) in [6.07, 6.45) is 7.29. The van der Waals surface area contributed by atoms with E-state index in [1.807, 2.05) is 24.9 Å². The largest absolute Gasteiger partial charge is 0.368 e. The van der Waals surface area contributed by atoms with Crippen molar-refractivity contribution in [1.82, 2.24) is 20.1 Å². The maximum atomic E-state index is 5.82. The summed E-state index contributed by atoms with van der Waals surface area (Å²) in [5.41, 5.74) is 7.70. The first kappa shape index (κ1) is 16.4. The third-order valence-corrected chi connectivity index (χ3v) is 4.49. The molecule has 0 radical (unpaired) electrons. The number of hydrogen-bond donors (Lipinski definition) is 1. The molecule has 1 aliphatic rings. The molecule has 0 aliphatic heterocycles. The average Bonchev–Trinajstić information content (AvgIpc) is 3.20. The minimum atomic E-state index is 0.266. The second-order valence-corrected chi connectivity index (χ2v) is 6.35. The van der Waals surface area contributed by atoms with E-state index in [1.165, 1.54) is 12.8 Å². The van der Waals surface area contributed by atoms with Crippen molar-refractivity contribution in [3.05, 3.63) is 35.6 Å². The van der Waals surface area contributed by atoms with Crippen molar-refractivity contribution in [2.45, 2.75) is 51.5 Å². The van der Waals surface area contributed by atoms with E-state index in [4.69, 9.17) is 10.3 Å². The summed E-state index contributed by atoms with van der Waals surface area (Å²) in [5, 5.41) is 4.12. The van der Waals surface area contributed by atoms with Gasteiger partial charge in [0.1, 0.15) is 5.82 Å². The highest BCUT2D eigenvalue weighted by Crippen LogP contribution is 2.33. The van der Waals surface area contributed by atoms with Gasteiger partial charge >= 0.3 is 0 Å². The Morgan fingerprint density at radius 2 is 2.04 bits per heavy atom. The van der Waals surface area contributed by atoms with Crippen LogP contribution in [-0.4, -0.2) is 27.2 Å². The summed E-state index contributed by atoms with van der Waals surface area (Å²) in [6, 6.07) is 0. The SMILES string of the molecule is C=CCc1c(C)nc(N)nc1N(C)Cc1noc(C2CCCC2)n1. The lowest BCUT2D eigenvalue weighted by molar-refractivity contribution is 0.350. The first-order valence-electron chi connectivity index (χ1n) is 8.36. The van der Waals surface area contributed by atoms with Crippen LogP contribution in [0.2, 0.25) is 0 Å². The molecule has 0 aromatic carbocycles. The van der Waals surface area contributed by atoms with Gasteiger partial charge in [-0.3, -0.25) is 0 Å². The third-order valence-electron chi connectivity index (χ3n) is 4.49. The maximum absolute atomic E-state index is 5.82. The molecule has 2 heterocycles. The van der Waals surface area contributed by atoms with E-state index in [9.17, 15) is 0 Å². The Labute approximate surface area is 142 Å². The number of nitrogens with two attached hydrogens (primary N) is 1. The number of hydrogen-bond acceptors (Lipinski definition) is 7. The Morgan fingerprint density at radius 3 is 2.75 bits per heavy atom. The number of anilines is 2. The molecule has 0 spiro atoms. The molecule has 0 unspecified atom stereocenters. The number of nitrogens with zero attached hydrogens (tertiary/aromatic N) is 5. The second-order valence-electron chi connectivity index (χ2n) is 6.35. The lowest BCUT2D eigenvalue weighted by Gasteiger charge is -2.20. The summed E-state index contributed by atoms with van der Waals surface area (Å²) < 4.78 is 5.45. The molecule has 0 saturated heterocycles. The number of aryl methyl sites for hydroxylation is 1. The fourth-order valence-corrected chi connectivity index (χ4v) is 3.26. The van der Waals surface area contributed by atoms with E-state index >= 15 is 0 Å². The molecular formula is C17H24N6O. The molecule has 24 heavy (non-hydrogen) atoms. The van der Waals surface area contributed by atoms with Crippen LogP contribution in [0.4, 0.5) is 11.8 Å². The van der Waals surface area contributed by atoms with Gasteiger partial charge in [0.25, 0.3) is 0 Å². The van der Waals surface area contributed by atoms with Gasteiger partial charge in [-0.15, -0.1) is 6.58 Å². The standard InChI is InChI=1S/C17H24N6O/c1-4-7-13-11(2)19-17(18)21-15(13)23(3)10-14-20-16(24-22-14)12-8-5-6-9-12/h4,12H,1,5-10H2,2-3H3,(H2,18,19,21). The van der Waals surface area contributed by atoms with Gasteiger partial charge in [0, 0.05) is 24.2 Å². The Kier molecular flexibility index (Phi) is 4.78. The molecule has 2 aromatic heterocycles. The summed E-state index contributed by atoms with van der Waals surface area (Å²) in [5.74, 6) is 2.90. The fraction of sp³-hybridized carbons (Fsp3) is 0.529. The first-order chi connectivity index (χ1) is 11.6. The van der Waals surface area contributed by atoms with Crippen LogP contribution in [0.25, 0.3) is 0 Å². The van der Waals surface area contributed by atoms with E-state index in [1.54, 1.807) is 0 Å².